The summed E-state index contributed by atoms with van der Waals surface area (Å²) in [6.07, 6.45) is 0.349. The first-order valence-electron chi connectivity index (χ1n) is 6.31. The van der Waals surface area contributed by atoms with Crippen LogP contribution in [0, 0.1) is 5.82 Å². The molecule has 0 saturated carbocycles. The predicted octanol–water partition coefficient (Wildman–Crippen LogP) is 2.85. The van der Waals surface area contributed by atoms with Crippen LogP contribution >= 0.6 is 0 Å². The van der Waals surface area contributed by atoms with Crippen LogP contribution in [0.15, 0.2) is 42.5 Å². The van der Waals surface area contributed by atoms with Crippen LogP contribution in [-0.4, -0.2) is 11.7 Å². The van der Waals surface area contributed by atoms with Crippen molar-refractivity contribution in [2.24, 2.45) is 5.73 Å². The van der Waals surface area contributed by atoms with Gasteiger partial charge in [-0.1, -0.05) is 12.1 Å². The summed E-state index contributed by atoms with van der Waals surface area (Å²) in [5.41, 5.74) is 6.01. The number of ketones is 1. The average molecular weight is 287 g/mol. The number of amides is 1. The van der Waals surface area contributed by atoms with Crippen molar-refractivity contribution in [3.63, 3.8) is 0 Å². The fourth-order valence-electron chi connectivity index (χ4n) is 1.83. The number of carbonyl (C=O) groups excluding carboxylic acids is 2. The molecule has 0 radical (unpaired) electrons. The summed E-state index contributed by atoms with van der Waals surface area (Å²) in [5, 5.41) is 0. The highest BCUT2D eigenvalue weighted by atomic mass is 19.1. The molecule has 0 heterocycles. The van der Waals surface area contributed by atoms with E-state index in [1.54, 1.807) is 24.3 Å². The molecule has 0 saturated heterocycles. The van der Waals surface area contributed by atoms with E-state index in [1.807, 2.05) is 0 Å². The molecule has 1 amide bonds. The zero-order valence-corrected chi connectivity index (χ0v) is 11.4. The highest BCUT2D eigenvalue weighted by Gasteiger charge is 2.09. The zero-order chi connectivity index (χ0) is 15.4. The SMILES string of the molecule is CC(=O)Cc1ccc(Oc2ccc(C(N)=O)cc2F)cc1. The van der Waals surface area contributed by atoms with E-state index < -0.39 is 11.7 Å². The van der Waals surface area contributed by atoms with Gasteiger partial charge in [0.25, 0.3) is 0 Å². The van der Waals surface area contributed by atoms with Crippen molar-refractivity contribution in [1.29, 1.82) is 0 Å². The maximum Gasteiger partial charge on any atom is 0.248 e. The molecule has 0 bridgehead atoms. The fourth-order valence-corrected chi connectivity index (χ4v) is 1.83. The predicted molar refractivity (Wildman–Crippen MR) is 75.8 cm³/mol. The molecule has 2 N–H and O–H groups in total. The van der Waals surface area contributed by atoms with Gasteiger partial charge in [0, 0.05) is 12.0 Å². The monoisotopic (exact) mass is 287 g/mol. The van der Waals surface area contributed by atoms with Crippen LogP contribution in [0.2, 0.25) is 0 Å². The van der Waals surface area contributed by atoms with Gasteiger partial charge >= 0.3 is 0 Å². The normalized spacial score (nSPS) is 10.2. The van der Waals surface area contributed by atoms with Crippen molar-refractivity contribution in [2.75, 3.05) is 0 Å². The van der Waals surface area contributed by atoms with Crippen LogP contribution in [0.25, 0.3) is 0 Å². The van der Waals surface area contributed by atoms with E-state index in [9.17, 15) is 14.0 Å². The standard InChI is InChI=1S/C16H14FNO3/c1-10(19)8-11-2-5-13(6-3-11)21-15-7-4-12(16(18)20)9-14(15)17/h2-7,9H,8H2,1H3,(H2,18,20). The summed E-state index contributed by atoms with van der Waals surface area (Å²) in [7, 11) is 0. The molecular weight excluding hydrogens is 273 g/mol. The number of primary amides is 1. The van der Waals surface area contributed by atoms with Gasteiger partial charge in [0.1, 0.15) is 11.5 Å². The summed E-state index contributed by atoms with van der Waals surface area (Å²) in [6.45, 7) is 1.51. The third-order valence-corrected chi connectivity index (χ3v) is 2.82. The Kier molecular flexibility index (Phi) is 4.33. The zero-order valence-electron chi connectivity index (χ0n) is 11.4. The van der Waals surface area contributed by atoms with Crippen molar-refractivity contribution < 1.29 is 18.7 Å². The maximum atomic E-state index is 13.8. The minimum atomic E-state index is -0.700. The molecule has 2 rings (SSSR count). The molecule has 0 fully saturated rings. The number of halogens is 1. The Labute approximate surface area is 121 Å². The van der Waals surface area contributed by atoms with Gasteiger partial charge in [0.15, 0.2) is 11.6 Å². The number of benzene rings is 2. The van der Waals surface area contributed by atoms with E-state index in [1.165, 1.54) is 19.1 Å². The molecule has 0 aliphatic rings. The van der Waals surface area contributed by atoms with E-state index in [0.29, 0.717) is 12.2 Å². The van der Waals surface area contributed by atoms with Crippen LogP contribution in [0.4, 0.5) is 4.39 Å². The molecule has 0 aromatic heterocycles. The minimum absolute atomic E-state index is 0.000632. The number of ether oxygens (including phenoxy) is 1. The van der Waals surface area contributed by atoms with Gasteiger partial charge < -0.3 is 10.5 Å². The van der Waals surface area contributed by atoms with Gasteiger partial charge in [0.2, 0.25) is 5.91 Å². The lowest BCUT2D eigenvalue weighted by Gasteiger charge is -2.08. The Bertz CT molecular complexity index is 680. The lowest BCUT2D eigenvalue weighted by molar-refractivity contribution is -0.116. The van der Waals surface area contributed by atoms with E-state index in [2.05, 4.69) is 0 Å². The van der Waals surface area contributed by atoms with Gasteiger partial charge in [-0.25, -0.2) is 4.39 Å². The van der Waals surface area contributed by atoms with Gasteiger partial charge in [-0.05, 0) is 42.8 Å². The second-order valence-electron chi connectivity index (χ2n) is 4.63. The second kappa shape index (κ2) is 6.17. The average Bonchev–Trinajstić information content (AvgIpc) is 2.42. The first-order chi connectivity index (χ1) is 9.95. The summed E-state index contributed by atoms with van der Waals surface area (Å²) in [5.74, 6) is -0.864. The molecule has 2 aromatic rings. The number of rotatable bonds is 5. The lowest BCUT2D eigenvalue weighted by Crippen LogP contribution is -2.11. The third kappa shape index (κ3) is 3.89. The summed E-state index contributed by atoms with van der Waals surface area (Å²) in [4.78, 5) is 21.9. The van der Waals surface area contributed by atoms with Crippen LogP contribution in [0.5, 0.6) is 11.5 Å². The van der Waals surface area contributed by atoms with Crippen LogP contribution < -0.4 is 10.5 Å². The Morgan fingerprint density at radius 3 is 2.33 bits per heavy atom. The number of hydrogen-bond donors (Lipinski definition) is 1. The van der Waals surface area contributed by atoms with Gasteiger partial charge in [-0.2, -0.15) is 0 Å². The quantitative estimate of drug-likeness (QED) is 0.919. The van der Waals surface area contributed by atoms with Crippen molar-refractivity contribution in [2.45, 2.75) is 13.3 Å². The molecular formula is C16H14FNO3. The van der Waals surface area contributed by atoms with Crippen molar-refractivity contribution in [1.82, 2.24) is 0 Å². The molecule has 4 nitrogen and oxygen atoms in total. The van der Waals surface area contributed by atoms with E-state index >= 15 is 0 Å². The Morgan fingerprint density at radius 1 is 1.14 bits per heavy atom. The minimum Gasteiger partial charge on any atom is -0.454 e. The highest BCUT2D eigenvalue weighted by molar-refractivity contribution is 5.92. The molecule has 0 spiro atoms. The Balaban J connectivity index is 2.14. The molecule has 108 valence electrons. The Morgan fingerprint density at radius 2 is 1.81 bits per heavy atom. The van der Waals surface area contributed by atoms with Crippen LogP contribution in [-0.2, 0) is 11.2 Å². The molecule has 2 aromatic carbocycles. The molecule has 0 aliphatic heterocycles. The number of carbonyl (C=O) groups is 2. The van der Waals surface area contributed by atoms with Crippen molar-refractivity contribution >= 4 is 11.7 Å². The maximum absolute atomic E-state index is 13.8. The third-order valence-electron chi connectivity index (χ3n) is 2.82. The van der Waals surface area contributed by atoms with Crippen LogP contribution in [0.3, 0.4) is 0 Å². The number of Topliss-reactive ketones (excluding diaryl/α,β-unsaturated/α-hetero) is 1. The van der Waals surface area contributed by atoms with Gasteiger partial charge in [-0.15, -0.1) is 0 Å². The van der Waals surface area contributed by atoms with E-state index in [-0.39, 0.29) is 17.1 Å². The summed E-state index contributed by atoms with van der Waals surface area (Å²) >= 11 is 0. The number of hydrogen-bond acceptors (Lipinski definition) is 3. The second-order valence-corrected chi connectivity index (χ2v) is 4.63. The molecule has 0 unspecified atom stereocenters. The van der Waals surface area contributed by atoms with Crippen LogP contribution in [0.1, 0.15) is 22.8 Å². The summed E-state index contributed by atoms with van der Waals surface area (Å²) < 4.78 is 19.2. The first-order valence-corrected chi connectivity index (χ1v) is 6.31. The van der Waals surface area contributed by atoms with Gasteiger partial charge in [-0.3, -0.25) is 9.59 Å². The van der Waals surface area contributed by atoms with E-state index in [0.717, 1.165) is 11.6 Å². The lowest BCUT2D eigenvalue weighted by atomic mass is 10.1. The topological polar surface area (TPSA) is 69.4 Å². The Hall–Kier alpha value is -2.69. The van der Waals surface area contributed by atoms with Crippen molar-refractivity contribution in [3.8, 4) is 11.5 Å². The largest absolute Gasteiger partial charge is 0.454 e. The van der Waals surface area contributed by atoms with E-state index in [4.69, 9.17) is 10.5 Å². The van der Waals surface area contributed by atoms with Crippen molar-refractivity contribution in [3.05, 3.63) is 59.4 Å². The fraction of sp³-hybridized carbons (Fsp3) is 0.125. The number of nitrogens with two attached hydrogens (primary N) is 1. The molecule has 5 heteroatoms. The smallest absolute Gasteiger partial charge is 0.248 e. The van der Waals surface area contributed by atoms with Gasteiger partial charge in [0.05, 0.1) is 0 Å². The summed E-state index contributed by atoms with van der Waals surface area (Å²) in [6, 6.07) is 10.6. The molecule has 0 aliphatic carbocycles. The highest BCUT2D eigenvalue weighted by Crippen LogP contribution is 2.25. The first kappa shape index (κ1) is 14.7. The molecule has 21 heavy (non-hydrogen) atoms. The molecule has 0 atom stereocenters.